The average Bonchev–Trinajstić information content (AvgIpc) is 2.25. The number of hydrogen-bond acceptors (Lipinski definition) is 5. The lowest BCUT2D eigenvalue weighted by molar-refractivity contribution is -0.291. The molecule has 1 heterocycles. The van der Waals surface area contributed by atoms with Gasteiger partial charge >= 0.3 is 12.3 Å². The standard InChI is InChI=1S/C9H4F5NO4/c10-6(11)5-4(7(16)17)1-3(2-15-5)8(18)19-9(12,13)14/h1-2,6H,(H,16,17)/p-1. The number of carbonyl (C=O) groups excluding carboxylic acids is 2. The fourth-order valence-corrected chi connectivity index (χ4v) is 1.09. The second kappa shape index (κ2) is 5.16. The predicted octanol–water partition coefficient (Wildman–Crippen LogP) is 1.06. The largest absolute Gasteiger partial charge is 0.575 e. The zero-order chi connectivity index (χ0) is 14.8. The first kappa shape index (κ1) is 14.8. The van der Waals surface area contributed by atoms with Crippen LogP contribution >= 0.6 is 0 Å². The third-order valence-corrected chi connectivity index (χ3v) is 1.79. The van der Waals surface area contributed by atoms with Gasteiger partial charge in [-0.15, -0.1) is 13.2 Å². The van der Waals surface area contributed by atoms with Crippen LogP contribution in [0.4, 0.5) is 22.0 Å². The molecule has 104 valence electrons. The fourth-order valence-electron chi connectivity index (χ4n) is 1.09. The number of ether oxygens (including phenoxy) is 1. The van der Waals surface area contributed by atoms with Gasteiger partial charge in [0.2, 0.25) is 0 Å². The van der Waals surface area contributed by atoms with Crippen LogP contribution in [0.2, 0.25) is 0 Å². The summed E-state index contributed by atoms with van der Waals surface area (Å²) in [6, 6.07) is 0.276. The SMILES string of the molecule is O=C(OC(F)(F)F)c1cnc(C(F)F)c(C(=O)[O-])c1. The van der Waals surface area contributed by atoms with Crippen LogP contribution < -0.4 is 5.11 Å². The Labute approximate surface area is 101 Å². The number of carboxylic acid groups (broad SMARTS) is 1. The van der Waals surface area contributed by atoms with Crippen LogP contribution in [0.25, 0.3) is 0 Å². The number of esters is 1. The zero-order valence-electron chi connectivity index (χ0n) is 8.70. The normalized spacial score (nSPS) is 11.5. The maximum atomic E-state index is 12.3. The van der Waals surface area contributed by atoms with Crippen molar-refractivity contribution in [2.45, 2.75) is 12.8 Å². The molecule has 0 saturated heterocycles. The van der Waals surface area contributed by atoms with Gasteiger partial charge in [0.25, 0.3) is 6.43 Å². The van der Waals surface area contributed by atoms with E-state index in [0.717, 1.165) is 0 Å². The highest BCUT2D eigenvalue weighted by Crippen LogP contribution is 2.23. The second-order valence-electron chi connectivity index (χ2n) is 3.08. The van der Waals surface area contributed by atoms with Crippen LogP contribution in [-0.4, -0.2) is 23.3 Å². The molecule has 0 amide bonds. The number of alkyl halides is 5. The summed E-state index contributed by atoms with van der Waals surface area (Å²) in [5.74, 6) is -4.08. The van der Waals surface area contributed by atoms with Gasteiger partial charge in [0, 0.05) is 11.8 Å². The highest BCUT2D eigenvalue weighted by atomic mass is 19.4. The number of carboxylic acids is 1. The third kappa shape index (κ3) is 3.86. The van der Waals surface area contributed by atoms with Crippen LogP contribution in [0.5, 0.6) is 0 Å². The summed E-state index contributed by atoms with van der Waals surface area (Å²) in [6.45, 7) is 0. The van der Waals surface area contributed by atoms with E-state index in [1.165, 1.54) is 0 Å². The Kier molecular flexibility index (Phi) is 4.02. The van der Waals surface area contributed by atoms with Crippen molar-refractivity contribution in [1.82, 2.24) is 4.98 Å². The highest BCUT2D eigenvalue weighted by Gasteiger charge is 2.34. The molecule has 0 bridgehead atoms. The molecule has 0 fully saturated rings. The first-order valence-electron chi connectivity index (χ1n) is 4.41. The summed E-state index contributed by atoms with van der Waals surface area (Å²) >= 11 is 0. The number of pyridine rings is 1. The molecular formula is C9H3F5NO4-. The molecule has 19 heavy (non-hydrogen) atoms. The van der Waals surface area contributed by atoms with Gasteiger partial charge in [-0.1, -0.05) is 0 Å². The van der Waals surface area contributed by atoms with Crippen molar-refractivity contribution in [3.8, 4) is 0 Å². The molecule has 0 spiro atoms. The first-order valence-corrected chi connectivity index (χ1v) is 4.41. The van der Waals surface area contributed by atoms with Crippen molar-refractivity contribution < 1.29 is 41.4 Å². The van der Waals surface area contributed by atoms with E-state index in [-0.39, 0.29) is 6.07 Å². The molecule has 0 aliphatic carbocycles. The quantitative estimate of drug-likeness (QED) is 0.612. The number of hydrogen-bond donors (Lipinski definition) is 0. The first-order chi connectivity index (χ1) is 8.61. The number of halogens is 5. The van der Waals surface area contributed by atoms with Crippen molar-refractivity contribution in [2.75, 3.05) is 0 Å². The second-order valence-corrected chi connectivity index (χ2v) is 3.08. The molecule has 5 nitrogen and oxygen atoms in total. The van der Waals surface area contributed by atoms with Gasteiger partial charge in [0.05, 0.1) is 11.5 Å². The molecule has 10 heteroatoms. The summed E-state index contributed by atoms with van der Waals surface area (Å²) in [6.07, 6.45) is -8.23. The van der Waals surface area contributed by atoms with E-state index in [2.05, 4.69) is 9.72 Å². The highest BCUT2D eigenvalue weighted by molar-refractivity contribution is 5.94. The van der Waals surface area contributed by atoms with E-state index in [1.54, 1.807) is 0 Å². The summed E-state index contributed by atoms with van der Waals surface area (Å²) in [5, 5.41) is 10.5. The predicted molar refractivity (Wildman–Crippen MR) is 45.0 cm³/mol. The van der Waals surface area contributed by atoms with E-state index in [9.17, 15) is 36.6 Å². The molecule has 0 radical (unpaired) electrons. The van der Waals surface area contributed by atoms with Crippen molar-refractivity contribution in [3.05, 3.63) is 29.1 Å². The van der Waals surface area contributed by atoms with Gasteiger partial charge in [-0.25, -0.2) is 13.6 Å². The number of carbonyl (C=O) groups is 2. The summed E-state index contributed by atoms with van der Waals surface area (Å²) in [5.41, 5.74) is -3.35. The van der Waals surface area contributed by atoms with Gasteiger partial charge < -0.3 is 14.6 Å². The molecule has 0 unspecified atom stereocenters. The Morgan fingerprint density at radius 2 is 1.89 bits per heavy atom. The van der Waals surface area contributed by atoms with Crippen LogP contribution in [0.15, 0.2) is 12.3 Å². The Morgan fingerprint density at radius 1 is 1.32 bits per heavy atom. The van der Waals surface area contributed by atoms with E-state index in [0.29, 0.717) is 6.20 Å². The lowest BCUT2D eigenvalue weighted by Gasteiger charge is -2.11. The molecule has 1 aromatic rings. The minimum Gasteiger partial charge on any atom is -0.545 e. The van der Waals surface area contributed by atoms with Crippen molar-refractivity contribution in [2.24, 2.45) is 0 Å². The van der Waals surface area contributed by atoms with Crippen molar-refractivity contribution >= 4 is 11.9 Å². The van der Waals surface area contributed by atoms with Gasteiger partial charge in [0.15, 0.2) is 0 Å². The number of aromatic nitrogens is 1. The molecule has 0 aliphatic heterocycles. The van der Waals surface area contributed by atoms with Gasteiger partial charge in [-0.2, -0.15) is 0 Å². The zero-order valence-corrected chi connectivity index (χ0v) is 8.70. The van der Waals surface area contributed by atoms with Crippen LogP contribution in [-0.2, 0) is 4.74 Å². The van der Waals surface area contributed by atoms with Gasteiger partial charge in [-0.3, -0.25) is 4.98 Å². The maximum Gasteiger partial charge on any atom is 0.575 e. The fraction of sp³-hybridized carbons (Fsp3) is 0.222. The van der Waals surface area contributed by atoms with E-state index >= 15 is 0 Å². The lowest BCUT2D eigenvalue weighted by Crippen LogP contribution is -2.26. The maximum absolute atomic E-state index is 12.3. The summed E-state index contributed by atoms with van der Waals surface area (Å²) in [7, 11) is 0. The topological polar surface area (TPSA) is 79.3 Å². The summed E-state index contributed by atoms with van der Waals surface area (Å²) < 4.78 is 62.9. The summed E-state index contributed by atoms with van der Waals surface area (Å²) in [4.78, 5) is 24.4. The molecule has 0 aliphatic rings. The van der Waals surface area contributed by atoms with Crippen molar-refractivity contribution in [1.29, 1.82) is 0 Å². The van der Waals surface area contributed by atoms with Gasteiger partial charge in [-0.05, 0) is 6.07 Å². The number of rotatable bonds is 3. The van der Waals surface area contributed by atoms with Crippen LogP contribution in [0, 0.1) is 0 Å². The van der Waals surface area contributed by atoms with Crippen molar-refractivity contribution in [3.63, 3.8) is 0 Å². The molecule has 0 N–H and O–H groups in total. The smallest absolute Gasteiger partial charge is 0.545 e. The monoisotopic (exact) mass is 284 g/mol. The average molecular weight is 284 g/mol. The van der Waals surface area contributed by atoms with E-state index < -0.39 is 41.5 Å². The molecule has 1 rings (SSSR count). The Morgan fingerprint density at radius 3 is 2.32 bits per heavy atom. The van der Waals surface area contributed by atoms with Crippen LogP contribution in [0.3, 0.4) is 0 Å². The minimum absolute atomic E-state index is 0.276. The lowest BCUT2D eigenvalue weighted by atomic mass is 10.1. The van der Waals surface area contributed by atoms with E-state index in [1.807, 2.05) is 0 Å². The molecule has 0 saturated carbocycles. The molecule has 1 aromatic heterocycles. The number of nitrogens with zero attached hydrogens (tertiary/aromatic N) is 1. The molecule has 0 atom stereocenters. The third-order valence-electron chi connectivity index (χ3n) is 1.79. The molecular weight excluding hydrogens is 281 g/mol. The Bertz CT molecular complexity index is 514. The Balaban J connectivity index is 3.16. The number of aromatic carboxylic acids is 1. The molecule has 0 aromatic carbocycles. The minimum atomic E-state index is -5.29. The Hall–Kier alpha value is -2.26. The van der Waals surface area contributed by atoms with Crippen LogP contribution in [0.1, 0.15) is 32.8 Å². The van der Waals surface area contributed by atoms with E-state index in [4.69, 9.17) is 0 Å². The van der Waals surface area contributed by atoms with Gasteiger partial charge in [0.1, 0.15) is 5.69 Å².